The second kappa shape index (κ2) is 9.71. The van der Waals surface area contributed by atoms with E-state index in [1.807, 2.05) is 0 Å². The predicted molar refractivity (Wildman–Crippen MR) is 106 cm³/mol. The summed E-state index contributed by atoms with van der Waals surface area (Å²) < 4.78 is 4.77. The van der Waals surface area contributed by atoms with Gasteiger partial charge >= 0.3 is 5.97 Å². The second-order valence-electron chi connectivity index (χ2n) is 5.27. The number of rotatable bonds is 2. The van der Waals surface area contributed by atoms with Crippen LogP contribution in [0.25, 0.3) is 0 Å². The molecule has 1 aliphatic rings. The molecule has 2 aromatic rings. The molecular weight excluding hydrogens is 389 g/mol. The zero-order valence-corrected chi connectivity index (χ0v) is 15.7. The van der Waals surface area contributed by atoms with Crippen LogP contribution in [0.3, 0.4) is 0 Å². The second-order valence-corrected chi connectivity index (χ2v) is 6.05. The molecule has 27 heavy (non-hydrogen) atoms. The van der Waals surface area contributed by atoms with E-state index in [2.05, 4.69) is 4.99 Å². The number of allylic oxidation sites excluding steroid dienone is 4. The molecule has 0 aliphatic heterocycles. The highest BCUT2D eigenvalue weighted by Gasteiger charge is 2.06. The smallest absolute Gasteiger partial charge is 0.308 e. The molecule has 0 saturated carbocycles. The minimum atomic E-state index is -0.417. The molecule has 7 heteroatoms. The average molecular weight is 404 g/mol. The van der Waals surface area contributed by atoms with Crippen molar-refractivity contribution < 1.29 is 19.4 Å². The van der Waals surface area contributed by atoms with Crippen LogP contribution in [0.2, 0.25) is 10.0 Å². The zero-order chi connectivity index (χ0) is 19.8. The molecule has 0 aromatic heterocycles. The van der Waals surface area contributed by atoms with Crippen molar-refractivity contribution in [2.24, 2.45) is 4.99 Å². The molecule has 0 bridgehead atoms. The third kappa shape index (κ3) is 6.73. The SMILES string of the molecule is CC(=O)Oc1cccc(Cl)c1Cl.O=C1C=CC(=Nc2ccc(O)cc2)C=C1. The standard InChI is InChI=1S/C12H9NO2.C8H6Cl2O2/c14-11-5-1-9(2-6-11)13-10-3-7-12(15)8-4-10;1-5(11)12-7-4-2-3-6(9)8(7)10/h1-8,14H;2-4H,1H3. The number of hydrogen-bond acceptors (Lipinski definition) is 5. The summed E-state index contributed by atoms with van der Waals surface area (Å²) in [5.41, 5.74) is 1.46. The van der Waals surface area contributed by atoms with E-state index in [1.165, 1.54) is 19.1 Å². The molecule has 5 nitrogen and oxygen atoms in total. The Balaban J connectivity index is 0.000000199. The predicted octanol–water partition coefficient (Wildman–Crippen LogP) is 5.08. The fraction of sp³-hybridized carbons (Fsp3) is 0.0500. The highest BCUT2D eigenvalue weighted by atomic mass is 35.5. The van der Waals surface area contributed by atoms with Crippen molar-refractivity contribution in [2.75, 3.05) is 0 Å². The van der Waals surface area contributed by atoms with E-state index >= 15 is 0 Å². The minimum absolute atomic E-state index is 0.0281. The molecule has 3 rings (SSSR count). The number of esters is 1. The first-order valence-corrected chi connectivity index (χ1v) is 8.51. The molecule has 0 amide bonds. The van der Waals surface area contributed by atoms with Gasteiger partial charge in [-0.15, -0.1) is 0 Å². The van der Waals surface area contributed by atoms with Crippen molar-refractivity contribution in [1.82, 2.24) is 0 Å². The number of ether oxygens (including phenoxy) is 1. The van der Waals surface area contributed by atoms with Gasteiger partial charge in [0, 0.05) is 6.92 Å². The fourth-order valence-electron chi connectivity index (χ4n) is 1.91. The number of phenolic OH excluding ortho intramolecular Hbond substituents is 1. The van der Waals surface area contributed by atoms with E-state index < -0.39 is 5.97 Å². The number of hydrogen-bond donors (Lipinski definition) is 1. The number of nitrogens with zero attached hydrogens (tertiary/aromatic N) is 1. The van der Waals surface area contributed by atoms with Gasteiger partial charge in [0.1, 0.15) is 10.8 Å². The average Bonchev–Trinajstić information content (AvgIpc) is 2.63. The Morgan fingerprint density at radius 2 is 1.63 bits per heavy atom. The number of halogens is 2. The molecule has 0 unspecified atom stereocenters. The van der Waals surface area contributed by atoms with Crippen molar-refractivity contribution >= 4 is 46.4 Å². The summed E-state index contributed by atoms with van der Waals surface area (Å²) in [7, 11) is 0. The van der Waals surface area contributed by atoms with Gasteiger partial charge in [-0.3, -0.25) is 9.59 Å². The van der Waals surface area contributed by atoms with Crippen LogP contribution in [0.4, 0.5) is 5.69 Å². The third-order valence-electron chi connectivity index (χ3n) is 3.11. The van der Waals surface area contributed by atoms with Gasteiger partial charge in [-0.25, -0.2) is 4.99 Å². The molecule has 0 saturated heterocycles. The van der Waals surface area contributed by atoms with Crippen molar-refractivity contribution in [3.8, 4) is 11.5 Å². The Kier molecular flexibility index (Phi) is 7.34. The Bertz CT molecular complexity index is 913. The van der Waals surface area contributed by atoms with Crippen LogP contribution in [-0.4, -0.2) is 22.6 Å². The molecule has 0 fully saturated rings. The third-order valence-corrected chi connectivity index (χ3v) is 3.92. The zero-order valence-electron chi connectivity index (χ0n) is 14.2. The molecule has 0 heterocycles. The van der Waals surface area contributed by atoms with Crippen LogP contribution in [0.5, 0.6) is 11.5 Å². The maximum Gasteiger partial charge on any atom is 0.308 e. The van der Waals surface area contributed by atoms with Crippen molar-refractivity contribution in [3.63, 3.8) is 0 Å². The number of benzene rings is 2. The lowest BCUT2D eigenvalue weighted by molar-refractivity contribution is -0.131. The van der Waals surface area contributed by atoms with Crippen LogP contribution in [0, 0.1) is 0 Å². The van der Waals surface area contributed by atoms with Gasteiger partial charge in [0.15, 0.2) is 11.5 Å². The van der Waals surface area contributed by atoms with Crippen LogP contribution >= 0.6 is 23.2 Å². The summed E-state index contributed by atoms with van der Waals surface area (Å²) in [6.45, 7) is 1.30. The lowest BCUT2D eigenvalue weighted by Crippen LogP contribution is -2.01. The van der Waals surface area contributed by atoms with Gasteiger partial charge in [-0.05, 0) is 60.7 Å². The topological polar surface area (TPSA) is 76.0 Å². The summed E-state index contributed by atoms with van der Waals surface area (Å²) in [5.74, 6) is 0.0549. The summed E-state index contributed by atoms with van der Waals surface area (Å²) in [4.78, 5) is 25.7. The Morgan fingerprint density at radius 1 is 1.00 bits per heavy atom. The van der Waals surface area contributed by atoms with Crippen LogP contribution in [-0.2, 0) is 9.59 Å². The van der Waals surface area contributed by atoms with E-state index in [1.54, 1.807) is 54.6 Å². The first-order valence-electron chi connectivity index (χ1n) is 7.75. The van der Waals surface area contributed by atoms with Crippen molar-refractivity contribution in [3.05, 3.63) is 76.8 Å². The minimum Gasteiger partial charge on any atom is -0.508 e. The van der Waals surface area contributed by atoms with E-state index in [0.29, 0.717) is 5.02 Å². The quantitative estimate of drug-likeness (QED) is 0.430. The van der Waals surface area contributed by atoms with Gasteiger partial charge in [0.05, 0.1) is 16.4 Å². The Labute approximate surface area is 166 Å². The van der Waals surface area contributed by atoms with E-state index in [9.17, 15) is 9.59 Å². The molecule has 2 aromatic carbocycles. The Morgan fingerprint density at radius 3 is 2.22 bits per heavy atom. The first-order chi connectivity index (χ1) is 12.8. The highest BCUT2D eigenvalue weighted by Crippen LogP contribution is 2.31. The normalized spacial score (nSPS) is 12.3. The number of ketones is 1. The molecule has 1 aliphatic carbocycles. The molecule has 1 N–H and O–H groups in total. The molecule has 0 atom stereocenters. The first kappa shape index (κ1) is 20.4. The molecular formula is C20H15Cl2NO4. The number of carbonyl (C=O) groups is 2. The number of phenols is 1. The molecule has 0 radical (unpaired) electrons. The van der Waals surface area contributed by atoms with E-state index in [0.717, 1.165) is 11.4 Å². The summed E-state index contributed by atoms with van der Waals surface area (Å²) >= 11 is 11.4. The highest BCUT2D eigenvalue weighted by molar-refractivity contribution is 6.43. The lowest BCUT2D eigenvalue weighted by Gasteiger charge is -2.03. The molecule has 138 valence electrons. The Hall–Kier alpha value is -2.89. The maximum atomic E-state index is 10.8. The summed E-state index contributed by atoms with van der Waals surface area (Å²) in [6.07, 6.45) is 6.27. The van der Waals surface area contributed by atoms with E-state index in [4.69, 9.17) is 33.0 Å². The van der Waals surface area contributed by atoms with Gasteiger partial charge in [0.25, 0.3) is 0 Å². The fourth-order valence-corrected chi connectivity index (χ4v) is 2.25. The van der Waals surface area contributed by atoms with Crippen molar-refractivity contribution in [1.29, 1.82) is 0 Å². The van der Waals surface area contributed by atoms with Gasteiger partial charge in [-0.2, -0.15) is 0 Å². The van der Waals surface area contributed by atoms with Gasteiger partial charge < -0.3 is 9.84 Å². The number of aliphatic imine (C=N–C) groups is 1. The maximum absolute atomic E-state index is 10.8. The van der Waals surface area contributed by atoms with E-state index in [-0.39, 0.29) is 22.3 Å². The summed E-state index contributed by atoms with van der Waals surface area (Å²) in [5, 5.41) is 9.71. The van der Waals surface area contributed by atoms with Gasteiger partial charge in [0.2, 0.25) is 0 Å². The number of carbonyl (C=O) groups excluding carboxylic acids is 2. The van der Waals surface area contributed by atoms with Crippen molar-refractivity contribution in [2.45, 2.75) is 6.92 Å². The van der Waals surface area contributed by atoms with Crippen LogP contribution < -0.4 is 4.74 Å². The monoisotopic (exact) mass is 403 g/mol. The van der Waals surface area contributed by atoms with Crippen LogP contribution in [0.1, 0.15) is 6.92 Å². The number of aromatic hydroxyl groups is 1. The van der Waals surface area contributed by atoms with Crippen LogP contribution in [0.15, 0.2) is 71.8 Å². The van der Waals surface area contributed by atoms with Gasteiger partial charge in [-0.1, -0.05) is 29.3 Å². The molecule has 0 spiro atoms. The largest absolute Gasteiger partial charge is 0.508 e. The lowest BCUT2D eigenvalue weighted by atomic mass is 10.1. The summed E-state index contributed by atoms with van der Waals surface area (Å²) in [6, 6.07) is 11.4.